The lowest BCUT2D eigenvalue weighted by atomic mass is 10.1. The van der Waals surface area contributed by atoms with Gasteiger partial charge in [0.2, 0.25) is 0 Å². The zero-order valence-corrected chi connectivity index (χ0v) is 12.4. The monoisotopic (exact) mass is 315 g/mol. The van der Waals surface area contributed by atoms with Gasteiger partial charge in [0, 0.05) is 24.4 Å². The highest BCUT2D eigenvalue weighted by Gasteiger charge is 2.17. The van der Waals surface area contributed by atoms with Crippen molar-refractivity contribution in [3.8, 4) is 5.69 Å². The normalized spacial score (nSPS) is 15.3. The van der Waals surface area contributed by atoms with Crippen LogP contribution in [-0.4, -0.2) is 39.7 Å². The van der Waals surface area contributed by atoms with Crippen LogP contribution in [0.5, 0.6) is 0 Å². The zero-order chi connectivity index (χ0) is 16.2. The smallest absolute Gasteiger partial charge is 0.269 e. The Hall–Kier alpha value is -2.74. The fourth-order valence-corrected chi connectivity index (χ4v) is 2.54. The molecule has 0 bridgehead atoms. The van der Waals surface area contributed by atoms with Crippen LogP contribution in [0.4, 0.5) is 5.69 Å². The summed E-state index contributed by atoms with van der Waals surface area (Å²) < 4.78 is 1.53. The average Bonchev–Trinajstić information content (AvgIpc) is 3.06. The van der Waals surface area contributed by atoms with E-state index in [1.54, 1.807) is 18.3 Å². The Morgan fingerprint density at radius 3 is 2.65 bits per heavy atom. The zero-order valence-electron chi connectivity index (χ0n) is 12.4. The van der Waals surface area contributed by atoms with Gasteiger partial charge in [-0.3, -0.25) is 14.9 Å². The number of piperidine rings is 1. The minimum atomic E-state index is -0.454. The van der Waals surface area contributed by atoms with Crippen LogP contribution in [-0.2, 0) is 0 Å². The molecule has 0 saturated carbocycles. The minimum Gasteiger partial charge on any atom is -0.349 e. The lowest BCUT2D eigenvalue weighted by molar-refractivity contribution is -0.384. The second-order valence-electron chi connectivity index (χ2n) is 5.44. The molecule has 1 aromatic carbocycles. The predicted octanol–water partition coefficient (Wildman–Crippen LogP) is 1.26. The summed E-state index contributed by atoms with van der Waals surface area (Å²) in [6, 6.07) is 6.20. The van der Waals surface area contributed by atoms with Crippen molar-refractivity contribution in [2.24, 2.45) is 0 Å². The molecule has 23 heavy (non-hydrogen) atoms. The number of hydrogen-bond acceptors (Lipinski definition) is 5. The van der Waals surface area contributed by atoms with Crippen LogP contribution >= 0.6 is 0 Å². The van der Waals surface area contributed by atoms with Crippen molar-refractivity contribution in [1.29, 1.82) is 0 Å². The molecule has 1 aliphatic heterocycles. The van der Waals surface area contributed by atoms with Crippen LogP contribution in [0.2, 0.25) is 0 Å². The number of amides is 1. The van der Waals surface area contributed by atoms with Crippen LogP contribution in [0.15, 0.2) is 36.7 Å². The first-order chi connectivity index (χ1) is 11.1. The van der Waals surface area contributed by atoms with Crippen LogP contribution in [0.1, 0.15) is 23.2 Å². The van der Waals surface area contributed by atoms with Gasteiger partial charge in [0.1, 0.15) is 0 Å². The SMILES string of the molecule is O=C(NC1CCNCC1)c1cnn(-c2ccc([N+](=O)[O-])cc2)c1. The lowest BCUT2D eigenvalue weighted by Crippen LogP contribution is -2.42. The second kappa shape index (κ2) is 6.57. The maximum absolute atomic E-state index is 12.2. The Morgan fingerprint density at radius 2 is 2.00 bits per heavy atom. The molecule has 8 heteroatoms. The third-order valence-corrected chi connectivity index (χ3v) is 3.84. The molecule has 2 heterocycles. The molecule has 1 fully saturated rings. The number of nitro benzene ring substituents is 1. The first-order valence-electron chi connectivity index (χ1n) is 7.44. The lowest BCUT2D eigenvalue weighted by Gasteiger charge is -2.23. The Kier molecular flexibility index (Phi) is 4.33. The summed E-state index contributed by atoms with van der Waals surface area (Å²) in [5.41, 5.74) is 1.16. The van der Waals surface area contributed by atoms with E-state index in [1.807, 2.05) is 0 Å². The first kappa shape index (κ1) is 15.2. The second-order valence-corrected chi connectivity index (χ2v) is 5.44. The molecule has 120 valence electrons. The summed E-state index contributed by atoms with van der Waals surface area (Å²) in [5.74, 6) is -0.148. The number of aromatic nitrogens is 2. The van der Waals surface area contributed by atoms with E-state index in [2.05, 4.69) is 15.7 Å². The Bertz CT molecular complexity index is 704. The topological polar surface area (TPSA) is 102 Å². The Morgan fingerprint density at radius 1 is 1.30 bits per heavy atom. The highest BCUT2D eigenvalue weighted by Crippen LogP contribution is 2.15. The highest BCUT2D eigenvalue weighted by atomic mass is 16.6. The maximum Gasteiger partial charge on any atom is 0.269 e. The fourth-order valence-electron chi connectivity index (χ4n) is 2.54. The van der Waals surface area contributed by atoms with Crippen LogP contribution < -0.4 is 10.6 Å². The molecule has 2 aromatic rings. The van der Waals surface area contributed by atoms with Gasteiger partial charge in [0.25, 0.3) is 11.6 Å². The highest BCUT2D eigenvalue weighted by molar-refractivity contribution is 5.94. The van der Waals surface area contributed by atoms with E-state index in [1.165, 1.54) is 23.0 Å². The predicted molar refractivity (Wildman–Crippen MR) is 83.6 cm³/mol. The van der Waals surface area contributed by atoms with Crippen LogP contribution in [0.3, 0.4) is 0 Å². The molecule has 1 aromatic heterocycles. The van der Waals surface area contributed by atoms with Gasteiger partial charge in [-0.1, -0.05) is 0 Å². The summed E-state index contributed by atoms with van der Waals surface area (Å²) in [4.78, 5) is 22.4. The molecule has 1 saturated heterocycles. The van der Waals surface area contributed by atoms with Gasteiger partial charge in [0.05, 0.1) is 22.4 Å². The number of carbonyl (C=O) groups is 1. The van der Waals surface area contributed by atoms with E-state index in [4.69, 9.17) is 0 Å². The molecule has 3 rings (SSSR count). The molecule has 1 amide bonds. The molecular weight excluding hydrogens is 298 g/mol. The number of nitro groups is 1. The van der Waals surface area contributed by atoms with Crippen molar-refractivity contribution < 1.29 is 9.72 Å². The van der Waals surface area contributed by atoms with E-state index in [9.17, 15) is 14.9 Å². The summed E-state index contributed by atoms with van der Waals surface area (Å²) in [7, 11) is 0. The third-order valence-electron chi connectivity index (χ3n) is 3.84. The van der Waals surface area contributed by atoms with E-state index in [-0.39, 0.29) is 17.6 Å². The molecule has 2 N–H and O–H groups in total. The summed E-state index contributed by atoms with van der Waals surface area (Å²) in [6.07, 6.45) is 4.96. The number of non-ortho nitro benzene ring substituents is 1. The van der Waals surface area contributed by atoms with Gasteiger partial charge in [-0.2, -0.15) is 5.10 Å². The van der Waals surface area contributed by atoms with Crippen molar-refractivity contribution in [2.45, 2.75) is 18.9 Å². The van der Waals surface area contributed by atoms with E-state index in [0.29, 0.717) is 11.3 Å². The van der Waals surface area contributed by atoms with Gasteiger partial charge in [0.15, 0.2) is 0 Å². The van der Waals surface area contributed by atoms with Gasteiger partial charge in [-0.15, -0.1) is 0 Å². The van der Waals surface area contributed by atoms with Gasteiger partial charge in [-0.25, -0.2) is 4.68 Å². The van der Waals surface area contributed by atoms with Gasteiger partial charge in [-0.05, 0) is 38.1 Å². The van der Waals surface area contributed by atoms with Crippen molar-refractivity contribution >= 4 is 11.6 Å². The van der Waals surface area contributed by atoms with Crippen molar-refractivity contribution in [3.05, 3.63) is 52.3 Å². The van der Waals surface area contributed by atoms with Crippen molar-refractivity contribution in [3.63, 3.8) is 0 Å². The number of carbonyl (C=O) groups excluding carboxylic acids is 1. The van der Waals surface area contributed by atoms with Crippen LogP contribution in [0.25, 0.3) is 5.69 Å². The number of benzene rings is 1. The van der Waals surface area contributed by atoms with Crippen molar-refractivity contribution in [2.75, 3.05) is 13.1 Å². The summed E-state index contributed by atoms with van der Waals surface area (Å²) >= 11 is 0. The molecule has 0 radical (unpaired) electrons. The van der Waals surface area contributed by atoms with Crippen LogP contribution in [0, 0.1) is 10.1 Å². The summed E-state index contributed by atoms with van der Waals surface area (Å²) in [6.45, 7) is 1.82. The third kappa shape index (κ3) is 3.54. The van der Waals surface area contributed by atoms with E-state index >= 15 is 0 Å². The number of rotatable bonds is 4. The summed E-state index contributed by atoms with van der Waals surface area (Å²) in [5, 5.41) is 21.1. The minimum absolute atomic E-state index is 0.0183. The maximum atomic E-state index is 12.2. The standard InChI is InChI=1S/C15H17N5O3/c21-15(18-12-5-7-16-8-6-12)11-9-17-19(10-11)13-1-3-14(4-2-13)20(22)23/h1-4,9-10,12,16H,5-8H2,(H,18,21). The van der Waals surface area contributed by atoms with Crippen molar-refractivity contribution in [1.82, 2.24) is 20.4 Å². The van der Waals surface area contributed by atoms with Gasteiger partial charge >= 0.3 is 0 Å². The first-order valence-corrected chi connectivity index (χ1v) is 7.44. The number of nitrogens with zero attached hydrogens (tertiary/aromatic N) is 3. The quantitative estimate of drug-likeness (QED) is 0.653. The molecular formula is C15H17N5O3. The van der Waals surface area contributed by atoms with E-state index in [0.717, 1.165) is 25.9 Å². The average molecular weight is 315 g/mol. The number of hydrogen-bond donors (Lipinski definition) is 2. The Labute approximate surface area is 132 Å². The molecule has 0 spiro atoms. The largest absolute Gasteiger partial charge is 0.349 e. The molecule has 8 nitrogen and oxygen atoms in total. The number of nitrogens with one attached hydrogen (secondary N) is 2. The van der Waals surface area contributed by atoms with Gasteiger partial charge < -0.3 is 10.6 Å². The fraction of sp³-hybridized carbons (Fsp3) is 0.333. The van der Waals surface area contributed by atoms with E-state index < -0.39 is 4.92 Å². The molecule has 0 aliphatic carbocycles. The molecule has 1 aliphatic rings. The molecule has 0 atom stereocenters. The Balaban J connectivity index is 1.69. The molecule has 0 unspecified atom stereocenters.